The Morgan fingerprint density at radius 3 is 2.20 bits per heavy atom. The van der Waals surface area contributed by atoms with Gasteiger partial charge in [-0.25, -0.2) is 0 Å². The lowest BCUT2D eigenvalue weighted by Gasteiger charge is -2.35. The van der Waals surface area contributed by atoms with Crippen molar-refractivity contribution in [2.75, 3.05) is 44.2 Å². The molecule has 1 fully saturated rings. The Labute approximate surface area is 150 Å². The monoisotopic (exact) mass is 338 g/mol. The van der Waals surface area contributed by atoms with Crippen LogP contribution < -0.4 is 9.64 Å². The van der Waals surface area contributed by atoms with Crippen molar-refractivity contribution in [2.45, 2.75) is 13.8 Å². The molecule has 0 radical (unpaired) electrons. The van der Waals surface area contributed by atoms with Crippen LogP contribution in [0.5, 0.6) is 5.75 Å². The van der Waals surface area contributed by atoms with E-state index in [2.05, 4.69) is 41.0 Å². The Morgan fingerprint density at radius 1 is 0.960 bits per heavy atom. The number of carbonyl (C=O) groups is 1. The van der Waals surface area contributed by atoms with E-state index in [0.717, 1.165) is 37.5 Å². The number of aryl methyl sites for hydroxylation is 1. The lowest BCUT2D eigenvalue weighted by Crippen LogP contribution is -2.48. The molecular weight excluding hydrogens is 312 g/mol. The third kappa shape index (κ3) is 4.60. The molecule has 0 saturated carbocycles. The summed E-state index contributed by atoms with van der Waals surface area (Å²) in [5.41, 5.74) is 3.30. The van der Waals surface area contributed by atoms with E-state index in [9.17, 15) is 4.79 Å². The van der Waals surface area contributed by atoms with Gasteiger partial charge in [0.2, 0.25) is 0 Å². The first-order valence-electron chi connectivity index (χ1n) is 8.96. The average Bonchev–Trinajstić information content (AvgIpc) is 2.64. The van der Waals surface area contributed by atoms with Crippen molar-refractivity contribution in [3.8, 4) is 5.75 Å². The fraction of sp³-hybridized carbons (Fsp3) is 0.381. The van der Waals surface area contributed by atoms with E-state index in [-0.39, 0.29) is 5.78 Å². The summed E-state index contributed by atoms with van der Waals surface area (Å²) in [6.07, 6.45) is 0. The molecule has 1 saturated heterocycles. The second-order valence-electron chi connectivity index (χ2n) is 6.48. The summed E-state index contributed by atoms with van der Waals surface area (Å²) < 4.78 is 5.42. The Hall–Kier alpha value is -2.33. The Balaban J connectivity index is 1.51. The van der Waals surface area contributed by atoms with Gasteiger partial charge < -0.3 is 9.64 Å². The van der Waals surface area contributed by atoms with Gasteiger partial charge in [0, 0.05) is 37.4 Å². The Morgan fingerprint density at radius 2 is 1.60 bits per heavy atom. The smallest absolute Gasteiger partial charge is 0.176 e. The summed E-state index contributed by atoms with van der Waals surface area (Å²) in [6.45, 7) is 8.92. The molecule has 25 heavy (non-hydrogen) atoms. The van der Waals surface area contributed by atoms with Crippen LogP contribution in [-0.4, -0.2) is 50.0 Å². The van der Waals surface area contributed by atoms with Gasteiger partial charge in [-0.3, -0.25) is 9.69 Å². The van der Waals surface area contributed by atoms with E-state index >= 15 is 0 Å². The van der Waals surface area contributed by atoms with Crippen LogP contribution in [0.15, 0.2) is 48.5 Å². The van der Waals surface area contributed by atoms with Gasteiger partial charge in [0.05, 0.1) is 13.2 Å². The van der Waals surface area contributed by atoms with Crippen LogP contribution in [-0.2, 0) is 0 Å². The van der Waals surface area contributed by atoms with Crippen LogP contribution in [0.4, 0.5) is 5.69 Å². The van der Waals surface area contributed by atoms with Gasteiger partial charge in [0.1, 0.15) is 5.75 Å². The summed E-state index contributed by atoms with van der Waals surface area (Å²) in [6, 6.07) is 16.1. The second kappa shape index (κ2) is 8.17. The molecule has 0 amide bonds. The quantitative estimate of drug-likeness (QED) is 0.756. The summed E-state index contributed by atoms with van der Waals surface area (Å²) in [5.74, 6) is 0.984. The molecule has 0 bridgehead atoms. The Bertz CT molecular complexity index is 687. The van der Waals surface area contributed by atoms with Crippen molar-refractivity contribution in [1.29, 1.82) is 0 Å². The van der Waals surface area contributed by atoms with Crippen molar-refractivity contribution >= 4 is 11.5 Å². The van der Waals surface area contributed by atoms with E-state index in [0.29, 0.717) is 13.2 Å². The zero-order valence-corrected chi connectivity index (χ0v) is 15.1. The van der Waals surface area contributed by atoms with E-state index in [1.807, 2.05) is 31.2 Å². The maximum absolute atomic E-state index is 12.5. The van der Waals surface area contributed by atoms with Gasteiger partial charge >= 0.3 is 0 Å². The molecule has 1 aliphatic rings. The summed E-state index contributed by atoms with van der Waals surface area (Å²) in [7, 11) is 0. The van der Waals surface area contributed by atoms with Crippen molar-refractivity contribution in [1.82, 2.24) is 4.90 Å². The highest BCUT2D eigenvalue weighted by Crippen LogP contribution is 2.18. The number of carbonyl (C=O) groups excluding carboxylic acids is 1. The summed E-state index contributed by atoms with van der Waals surface area (Å²) >= 11 is 0. The number of rotatable bonds is 6. The normalized spacial score (nSPS) is 15.2. The minimum absolute atomic E-state index is 0.173. The zero-order valence-electron chi connectivity index (χ0n) is 15.1. The first-order chi connectivity index (χ1) is 12.2. The second-order valence-corrected chi connectivity index (χ2v) is 6.48. The van der Waals surface area contributed by atoms with Crippen LogP contribution >= 0.6 is 0 Å². The van der Waals surface area contributed by atoms with E-state index in [1.54, 1.807) is 0 Å². The molecule has 0 N–H and O–H groups in total. The van der Waals surface area contributed by atoms with Gasteiger partial charge in [-0.2, -0.15) is 0 Å². The van der Waals surface area contributed by atoms with Crippen molar-refractivity contribution in [3.63, 3.8) is 0 Å². The third-order valence-corrected chi connectivity index (χ3v) is 4.63. The van der Waals surface area contributed by atoms with E-state index < -0.39 is 0 Å². The average molecular weight is 338 g/mol. The fourth-order valence-electron chi connectivity index (χ4n) is 3.12. The molecular formula is C21H26N2O2. The van der Waals surface area contributed by atoms with E-state index in [1.165, 1.54) is 11.3 Å². The summed E-state index contributed by atoms with van der Waals surface area (Å²) in [4.78, 5) is 17.1. The number of Topliss-reactive ketones (excluding diaryl/α,β-unsaturated/α-hetero) is 1. The molecule has 0 aromatic heterocycles. The highest BCUT2D eigenvalue weighted by atomic mass is 16.5. The van der Waals surface area contributed by atoms with Gasteiger partial charge in [-0.05, 0) is 50.2 Å². The zero-order chi connectivity index (χ0) is 17.6. The maximum atomic E-state index is 12.5. The first-order valence-corrected chi connectivity index (χ1v) is 8.96. The molecule has 2 aromatic rings. The molecule has 0 spiro atoms. The topological polar surface area (TPSA) is 32.8 Å². The van der Waals surface area contributed by atoms with Gasteiger partial charge in [-0.1, -0.05) is 17.7 Å². The fourth-order valence-corrected chi connectivity index (χ4v) is 3.12. The molecule has 4 heteroatoms. The SMILES string of the molecule is CCOc1ccc(C(=O)CN2CCN(c3ccc(C)cc3)CC2)cc1. The number of hydrogen-bond donors (Lipinski definition) is 0. The molecule has 1 aliphatic heterocycles. The van der Waals surface area contributed by atoms with Gasteiger partial charge in [0.25, 0.3) is 0 Å². The van der Waals surface area contributed by atoms with Crippen molar-refractivity contribution in [2.24, 2.45) is 0 Å². The number of ketones is 1. The lowest BCUT2D eigenvalue weighted by atomic mass is 10.1. The number of anilines is 1. The molecule has 3 rings (SSSR count). The Kier molecular flexibility index (Phi) is 5.71. The van der Waals surface area contributed by atoms with Gasteiger partial charge in [0.15, 0.2) is 5.78 Å². The number of piperazine rings is 1. The van der Waals surface area contributed by atoms with Crippen LogP contribution in [0.25, 0.3) is 0 Å². The van der Waals surface area contributed by atoms with Crippen molar-refractivity contribution in [3.05, 3.63) is 59.7 Å². The molecule has 1 heterocycles. The van der Waals surface area contributed by atoms with Gasteiger partial charge in [-0.15, -0.1) is 0 Å². The van der Waals surface area contributed by atoms with Crippen LogP contribution in [0.1, 0.15) is 22.8 Å². The molecule has 4 nitrogen and oxygen atoms in total. The minimum atomic E-state index is 0.173. The molecule has 0 unspecified atom stereocenters. The highest BCUT2D eigenvalue weighted by Gasteiger charge is 2.19. The predicted octanol–water partition coefficient (Wildman–Crippen LogP) is 3.40. The van der Waals surface area contributed by atoms with Crippen LogP contribution in [0.2, 0.25) is 0 Å². The van der Waals surface area contributed by atoms with Crippen LogP contribution in [0, 0.1) is 6.92 Å². The minimum Gasteiger partial charge on any atom is -0.494 e. The standard InChI is InChI=1S/C21H26N2O2/c1-3-25-20-10-6-18(7-11-20)21(24)16-22-12-14-23(15-13-22)19-8-4-17(2)5-9-19/h4-11H,3,12-16H2,1-2H3. The highest BCUT2D eigenvalue weighted by molar-refractivity contribution is 5.97. The number of benzene rings is 2. The number of nitrogens with zero attached hydrogens (tertiary/aromatic N) is 2. The largest absolute Gasteiger partial charge is 0.494 e. The maximum Gasteiger partial charge on any atom is 0.176 e. The molecule has 132 valence electrons. The van der Waals surface area contributed by atoms with Crippen molar-refractivity contribution < 1.29 is 9.53 Å². The molecule has 0 atom stereocenters. The number of ether oxygens (including phenoxy) is 1. The third-order valence-electron chi connectivity index (χ3n) is 4.63. The first kappa shape index (κ1) is 17.5. The molecule has 2 aromatic carbocycles. The number of hydrogen-bond acceptors (Lipinski definition) is 4. The molecule has 0 aliphatic carbocycles. The van der Waals surface area contributed by atoms with Crippen LogP contribution in [0.3, 0.4) is 0 Å². The van der Waals surface area contributed by atoms with E-state index in [4.69, 9.17) is 4.74 Å². The lowest BCUT2D eigenvalue weighted by molar-refractivity contribution is 0.0926. The summed E-state index contributed by atoms with van der Waals surface area (Å²) in [5, 5.41) is 0. The predicted molar refractivity (Wildman–Crippen MR) is 102 cm³/mol.